The van der Waals surface area contributed by atoms with Gasteiger partial charge in [-0.15, -0.1) is 11.6 Å². The molecule has 1 atom stereocenters. The molecule has 1 aromatic carbocycles. The predicted octanol–water partition coefficient (Wildman–Crippen LogP) is 4.36. The molecule has 0 aliphatic heterocycles. The maximum absolute atomic E-state index is 5.97. The summed E-state index contributed by atoms with van der Waals surface area (Å²) in [5, 5.41) is 0.612. The van der Waals surface area contributed by atoms with Gasteiger partial charge in [-0.05, 0) is 18.2 Å². The second kappa shape index (κ2) is 5.84. The Hall–Kier alpha value is 0.0800. The summed E-state index contributed by atoms with van der Waals surface area (Å²) in [6, 6.07) is 5.54. The van der Waals surface area contributed by atoms with Crippen LogP contribution in [0.5, 0.6) is 5.75 Å². The molecule has 0 aliphatic rings. The molecule has 0 radical (unpaired) electrons. The van der Waals surface area contributed by atoms with Crippen LogP contribution in [-0.2, 0) is 0 Å². The summed E-state index contributed by atoms with van der Waals surface area (Å²) in [5.41, 5.74) is 0. The molecule has 0 heterocycles. The lowest BCUT2D eigenvalue weighted by Gasteiger charge is -2.11. The number of hydrogen-bond donors (Lipinski definition) is 0. The molecular weight excluding hydrogens is 287 g/mol. The Labute approximate surface area is 102 Å². The highest BCUT2D eigenvalue weighted by Crippen LogP contribution is 2.27. The first-order chi connectivity index (χ1) is 6.63. The maximum Gasteiger partial charge on any atom is 0.137 e. The van der Waals surface area contributed by atoms with Crippen molar-refractivity contribution in [2.75, 3.05) is 12.5 Å². The summed E-state index contributed by atoms with van der Waals surface area (Å²) < 4.78 is 6.45. The third-order valence-corrected chi connectivity index (χ3v) is 3.00. The first-order valence-corrected chi connectivity index (χ1v) is 5.98. The van der Waals surface area contributed by atoms with Crippen molar-refractivity contribution in [2.45, 2.75) is 6.92 Å². The fourth-order valence-corrected chi connectivity index (χ4v) is 1.69. The predicted molar refractivity (Wildman–Crippen MR) is 64.5 cm³/mol. The number of hydrogen-bond acceptors (Lipinski definition) is 1. The molecule has 4 heteroatoms. The molecule has 78 valence electrons. The summed E-state index contributed by atoms with van der Waals surface area (Å²) in [6.45, 7) is 2.62. The van der Waals surface area contributed by atoms with Crippen LogP contribution in [0, 0.1) is 5.92 Å². The Balaban J connectivity index is 2.59. The average Bonchev–Trinajstić information content (AvgIpc) is 2.16. The van der Waals surface area contributed by atoms with E-state index in [1.54, 1.807) is 0 Å². The minimum Gasteiger partial charge on any atom is -0.492 e. The molecule has 14 heavy (non-hydrogen) atoms. The quantitative estimate of drug-likeness (QED) is 0.751. The van der Waals surface area contributed by atoms with Gasteiger partial charge in [-0.3, -0.25) is 0 Å². The first kappa shape index (κ1) is 12.2. The third kappa shape index (κ3) is 3.68. The van der Waals surface area contributed by atoms with Crippen LogP contribution in [0.4, 0.5) is 0 Å². The van der Waals surface area contributed by atoms with Crippen molar-refractivity contribution in [3.8, 4) is 5.75 Å². The Bertz CT molecular complexity index is 304. The van der Waals surface area contributed by atoms with E-state index in [4.69, 9.17) is 27.9 Å². The van der Waals surface area contributed by atoms with Gasteiger partial charge in [0.15, 0.2) is 0 Å². The van der Waals surface area contributed by atoms with Crippen LogP contribution in [0.25, 0.3) is 0 Å². The topological polar surface area (TPSA) is 9.23 Å². The molecule has 0 N–H and O–H groups in total. The van der Waals surface area contributed by atoms with Gasteiger partial charge in [0.05, 0.1) is 11.6 Å². The number of benzene rings is 1. The van der Waals surface area contributed by atoms with E-state index < -0.39 is 0 Å². The van der Waals surface area contributed by atoms with E-state index in [0.29, 0.717) is 29.2 Å². The SMILES string of the molecule is CC(CCl)COc1ccc(Br)cc1Cl. The smallest absolute Gasteiger partial charge is 0.137 e. The largest absolute Gasteiger partial charge is 0.492 e. The van der Waals surface area contributed by atoms with Crippen molar-refractivity contribution in [3.63, 3.8) is 0 Å². The van der Waals surface area contributed by atoms with Gasteiger partial charge in [0.1, 0.15) is 5.75 Å². The van der Waals surface area contributed by atoms with Gasteiger partial charge in [0.25, 0.3) is 0 Å². The molecular formula is C10H11BrCl2O. The molecule has 0 fully saturated rings. The van der Waals surface area contributed by atoms with Crippen molar-refractivity contribution in [1.29, 1.82) is 0 Å². The molecule has 0 bridgehead atoms. The van der Waals surface area contributed by atoms with E-state index in [1.165, 1.54) is 0 Å². The molecule has 0 amide bonds. The normalized spacial score (nSPS) is 12.6. The lowest BCUT2D eigenvalue weighted by molar-refractivity contribution is 0.273. The highest BCUT2D eigenvalue weighted by molar-refractivity contribution is 9.10. The first-order valence-electron chi connectivity index (χ1n) is 4.27. The number of alkyl halides is 1. The Kier molecular flexibility index (Phi) is 5.07. The van der Waals surface area contributed by atoms with Gasteiger partial charge in [0.2, 0.25) is 0 Å². The zero-order valence-electron chi connectivity index (χ0n) is 7.77. The van der Waals surface area contributed by atoms with Gasteiger partial charge in [-0.25, -0.2) is 0 Å². The van der Waals surface area contributed by atoms with Gasteiger partial charge < -0.3 is 4.74 Å². The molecule has 0 aromatic heterocycles. The zero-order valence-corrected chi connectivity index (χ0v) is 10.9. The molecule has 0 saturated heterocycles. The van der Waals surface area contributed by atoms with Gasteiger partial charge in [0, 0.05) is 16.3 Å². The summed E-state index contributed by atoms with van der Waals surface area (Å²) in [7, 11) is 0. The van der Waals surface area contributed by atoms with Crippen molar-refractivity contribution >= 4 is 39.1 Å². The van der Waals surface area contributed by atoms with Crippen molar-refractivity contribution < 1.29 is 4.74 Å². The number of ether oxygens (including phenoxy) is 1. The summed E-state index contributed by atoms with van der Waals surface area (Å²) in [6.07, 6.45) is 0. The standard InChI is InChI=1S/C10H11BrCl2O/c1-7(5-12)6-14-10-3-2-8(11)4-9(10)13/h2-4,7H,5-6H2,1H3. The van der Waals surface area contributed by atoms with Crippen molar-refractivity contribution in [2.24, 2.45) is 5.92 Å². The van der Waals surface area contributed by atoms with Crippen molar-refractivity contribution in [3.05, 3.63) is 27.7 Å². The molecule has 0 saturated carbocycles. The maximum atomic E-state index is 5.97. The Morgan fingerprint density at radius 3 is 2.79 bits per heavy atom. The highest BCUT2D eigenvalue weighted by Gasteiger charge is 2.05. The number of rotatable bonds is 4. The van der Waals surface area contributed by atoms with Crippen LogP contribution in [0.3, 0.4) is 0 Å². The monoisotopic (exact) mass is 296 g/mol. The van der Waals surface area contributed by atoms with E-state index in [-0.39, 0.29) is 0 Å². The Morgan fingerprint density at radius 2 is 2.21 bits per heavy atom. The van der Waals surface area contributed by atoms with Crippen LogP contribution < -0.4 is 4.74 Å². The van der Waals surface area contributed by atoms with E-state index >= 15 is 0 Å². The number of halogens is 3. The Morgan fingerprint density at radius 1 is 1.50 bits per heavy atom. The summed E-state index contributed by atoms with van der Waals surface area (Å²) in [5.74, 6) is 1.62. The van der Waals surface area contributed by atoms with Gasteiger partial charge in [-0.2, -0.15) is 0 Å². The van der Waals surface area contributed by atoms with Crippen LogP contribution in [0.2, 0.25) is 5.02 Å². The van der Waals surface area contributed by atoms with Crippen LogP contribution in [-0.4, -0.2) is 12.5 Å². The fraction of sp³-hybridized carbons (Fsp3) is 0.400. The van der Waals surface area contributed by atoms with E-state index in [2.05, 4.69) is 15.9 Å². The molecule has 0 aliphatic carbocycles. The molecule has 0 spiro atoms. The van der Waals surface area contributed by atoms with Gasteiger partial charge in [-0.1, -0.05) is 34.5 Å². The summed E-state index contributed by atoms with van der Waals surface area (Å²) >= 11 is 15.0. The van der Waals surface area contributed by atoms with Crippen LogP contribution >= 0.6 is 39.1 Å². The molecule has 1 aromatic rings. The van der Waals surface area contributed by atoms with Crippen LogP contribution in [0.1, 0.15) is 6.92 Å². The third-order valence-electron chi connectivity index (χ3n) is 1.68. The van der Waals surface area contributed by atoms with E-state index in [9.17, 15) is 0 Å². The van der Waals surface area contributed by atoms with Crippen LogP contribution in [0.15, 0.2) is 22.7 Å². The minimum atomic E-state index is 0.330. The molecule has 1 unspecified atom stereocenters. The lowest BCUT2D eigenvalue weighted by atomic mass is 10.2. The van der Waals surface area contributed by atoms with E-state index in [0.717, 1.165) is 4.47 Å². The second-order valence-corrected chi connectivity index (χ2v) is 4.78. The lowest BCUT2D eigenvalue weighted by Crippen LogP contribution is -2.09. The second-order valence-electron chi connectivity index (χ2n) is 3.15. The van der Waals surface area contributed by atoms with Gasteiger partial charge >= 0.3 is 0 Å². The molecule has 1 rings (SSSR count). The zero-order chi connectivity index (χ0) is 10.6. The van der Waals surface area contributed by atoms with E-state index in [1.807, 2.05) is 25.1 Å². The summed E-state index contributed by atoms with van der Waals surface area (Å²) in [4.78, 5) is 0. The molecule has 1 nitrogen and oxygen atoms in total. The fourth-order valence-electron chi connectivity index (χ4n) is 0.869. The van der Waals surface area contributed by atoms with Crippen molar-refractivity contribution in [1.82, 2.24) is 0 Å². The average molecular weight is 298 g/mol. The highest BCUT2D eigenvalue weighted by atomic mass is 79.9. The minimum absolute atomic E-state index is 0.330.